The van der Waals surface area contributed by atoms with E-state index in [-0.39, 0.29) is 12.5 Å². The zero-order valence-electron chi connectivity index (χ0n) is 12.2. The fourth-order valence-electron chi connectivity index (χ4n) is 1.76. The highest BCUT2D eigenvalue weighted by Gasteiger charge is 2.17. The van der Waals surface area contributed by atoms with Gasteiger partial charge in [0.25, 0.3) is 0 Å². The molecule has 1 aromatic heterocycles. The molecule has 106 valence electrons. The Hall–Kier alpha value is -1.36. The van der Waals surface area contributed by atoms with Crippen molar-refractivity contribution < 1.29 is 4.79 Å². The van der Waals surface area contributed by atoms with Crippen LogP contribution >= 0.6 is 11.6 Å². The van der Waals surface area contributed by atoms with Gasteiger partial charge in [-0.2, -0.15) is 0 Å². The Balaban J connectivity index is 2.86. The molecule has 1 rings (SSSR count). The maximum atomic E-state index is 12.0. The van der Waals surface area contributed by atoms with Crippen LogP contribution in [0.25, 0.3) is 0 Å². The van der Waals surface area contributed by atoms with Crippen LogP contribution in [0, 0.1) is 13.8 Å². The summed E-state index contributed by atoms with van der Waals surface area (Å²) >= 11 is 6.09. The minimum absolute atomic E-state index is 0.0589. The van der Waals surface area contributed by atoms with Crippen LogP contribution in [0.2, 0.25) is 5.15 Å². The van der Waals surface area contributed by atoms with Crippen LogP contribution in [0.15, 0.2) is 0 Å². The second-order valence-electron chi connectivity index (χ2n) is 4.43. The zero-order chi connectivity index (χ0) is 14.6. The summed E-state index contributed by atoms with van der Waals surface area (Å²) in [6, 6.07) is 0. The topological polar surface area (TPSA) is 49.3 Å². The minimum Gasteiger partial charge on any atom is -0.348 e. The number of nitrogens with zero attached hydrogens (tertiary/aromatic N) is 4. The van der Waals surface area contributed by atoms with E-state index >= 15 is 0 Å². The van der Waals surface area contributed by atoms with Gasteiger partial charge in [0.05, 0.1) is 17.9 Å². The van der Waals surface area contributed by atoms with Crippen molar-refractivity contribution in [1.29, 1.82) is 0 Å². The maximum absolute atomic E-state index is 12.0. The van der Waals surface area contributed by atoms with Gasteiger partial charge in [-0.1, -0.05) is 11.6 Å². The third-order valence-corrected chi connectivity index (χ3v) is 3.35. The Morgan fingerprint density at radius 2 is 1.68 bits per heavy atom. The molecule has 1 heterocycles. The van der Waals surface area contributed by atoms with Gasteiger partial charge in [-0.3, -0.25) is 4.79 Å². The first-order valence-electron chi connectivity index (χ1n) is 6.40. The van der Waals surface area contributed by atoms with Crippen molar-refractivity contribution in [2.75, 3.05) is 31.6 Å². The summed E-state index contributed by atoms with van der Waals surface area (Å²) in [6.07, 6.45) is 0. The number of likely N-dealkylation sites (N-methyl/N-ethyl adjacent to an activating group) is 2. The molecule has 0 N–H and O–H groups in total. The summed E-state index contributed by atoms with van der Waals surface area (Å²) in [7, 11) is 1.80. The molecule has 0 unspecified atom stereocenters. The number of rotatable bonds is 5. The zero-order valence-corrected chi connectivity index (χ0v) is 13.0. The molecular weight excluding hydrogens is 264 g/mol. The molecule has 5 nitrogen and oxygen atoms in total. The van der Waals surface area contributed by atoms with Gasteiger partial charge in [0, 0.05) is 20.1 Å². The van der Waals surface area contributed by atoms with Crippen LogP contribution in [0.1, 0.15) is 25.2 Å². The van der Waals surface area contributed by atoms with Crippen LogP contribution < -0.4 is 4.90 Å². The Morgan fingerprint density at radius 3 is 2.21 bits per heavy atom. The molecule has 0 aromatic carbocycles. The molecule has 0 saturated heterocycles. The average molecular weight is 285 g/mol. The normalized spacial score (nSPS) is 10.4. The first kappa shape index (κ1) is 15.7. The molecule has 6 heteroatoms. The van der Waals surface area contributed by atoms with Crippen LogP contribution in [0.4, 0.5) is 5.82 Å². The second kappa shape index (κ2) is 6.70. The smallest absolute Gasteiger partial charge is 0.242 e. The van der Waals surface area contributed by atoms with E-state index in [9.17, 15) is 4.79 Å². The lowest BCUT2D eigenvalue weighted by atomic mass is 10.3. The van der Waals surface area contributed by atoms with E-state index in [0.29, 0.717) is 24.1 Å². The van der Waals surface area contributed by atoms with Crippen molar-refractivity contribution in [3.63, 3.8) is 0 Å². The van der Waals surface area contributed by atoms with Gasteiger partial charge in [0.2, 0.25) is 5.91 Å². The summed E-state index contributed by atoms with van der Waals surface area (Å²) in [5, 5.41) is 0.331. The molecular formula is C13H21ClN4O. The summed E-state index contributed by atoms with van der Waals surface area (Å²) < 4.78 is 0. The van der Waals surface area contributed by atoms with Gasteiger partial charge in [0.1, 0.15) is 0 Å². The maximum Gasteiger partial charge on any atom is 0.242 e. The van der Waals surface area contributed by atoms with Crippen molar-refractivity contribution in [1.82, 2.24) is 14.9 Å². The van der Waals surface area contributed by atoms with E-state index in [1.165, 1.54) is 0 Å². The van der Waals surface area contributed by atoms with Crippen LogP contribution in [0.3, 0.4) is 0 Å². The van der Waals surface area contributed by atoms with Crippen molar-refractivity contribution >= 4 is 23.3 Å². The molecule has 0 radical (unpaired) electrons. The molecule has 0 atom stereocenters. The molecule has 0 spiro atoms. The SMILES string of the molecule is CCN(CC)C(=O)CN(C)c1nc(C)c(C)nc1Cl. The summed E-state index contributed by atoms with van der Waals surface area (Å²) in [5.41, 5.74) is 1.62. The minimum atomic E-state index is 0.0589. The Kier molecular flexibility index (Phi) is 5.54. The number of carbonyl (C=O) groups excluding carboxylic acids is 1. The fraction of sp³-hybridized carbons (Fsp3) is 0.615. The van der Waals surface area contributed by atoms with E-state index in [4.69, 9.17) is 11.6 Å². The largest absolute Gasteiger partial charge is 0.348 e. The molecule has 0 bridgehead atoms. The van der Waals surface area contributed by atoms with Crippen molar-refractivity contribution in [2.45, 2.75) is 27.7 Å². The number of hydrogen-bond acceptors (Lipinski definition) is 4. The lowest BCUT2D eigenvalue weighted by molar-refractivity contribution is -0.129. The lowest BCUT2D eigenvalue weighted by Crippen LogP contribution is -2.39. The predicted octanol–water partition coefficient (Wildman–Crippen LogP) is 2.05. The third kappa shape index (κ3) is 3.80. The number of carbonyl (C=O) groups is 1. The monoisotopic (exact) mass is 284 g/mol. The van der Waals surface area contributed by atoms with Gasteiger partial charge in [-0.15, -0.1) is 0 Å². The van der Waals surface area contributed by atoms with Gasteiger partial charge < -0.3 is 9.80 Å². The number of amides is 1. The van der Waals surface area contributed by atoms with E-state index in [1.54, 1.807) is 16.8 Å². The van der Waals surface area contributed by atoms with Crippen molar-refractivity contribution in [3.8, 4) is 0 Å². The molecule has 1 amide bonds. The van der Waals surface area contributed by atoms with Crippen LogP contribution in [0.5, 0.6) is 0 Å². The average Bonchev–Trinajstić information content (AvgIpc) is 2.35. The molecule has 19 heavy (non-hydrogen) atoms. The summed E-state index contributed by atoms with van der Waals surface area (Å²) in [4.78, 5) is 24.2. The molecule has 0 aliphatic carbocycles. The highest BCUT2D eigenvalue weighted by Crippen LogP contribution is 2.21. The lowest BCUT2D eigenvalue weighted by Gasteiger charge is -2.24. The highest BCUT2D eigenvalue weighted by molar-refractivity contribution is 6.31. The Morgan fingerprint density at radius 1 is 1.16 bits per heavy atom. The predicted molar refractivity (Wildman–Crippen MR) is 77.7 cm³/mol. The third-order valence-electron chi connectivity index (χ3n) is 3.10. The number of halogens is 1. The standard InChI is InChI=1S/C13H21ClN4O/c1-6-18(7-2)11(19)8-17(5)13-12(14)15-9(3)10(4)16-13/h6-8H2,1-5H3. The number of hydrogen-bond donors (Lipinski definition) is 0. The first-order chi connectivity index (χ1) is 8.90. The van der Waals surface area contributed by atoms with Gasteiger partial charge >= 0.3 is 0 Å². The highest BCUT2D eigenvalue weighted by atomic mass is 35.5. The van der Waals surface area contributed by atoms with E-state index in [0.717, 1.165) is 11.4 Å². The summed E-state index contributed by atoms with van der Waals surface area (Å²) in [5.74, 6) is 0.605. The Labute approximate surface area is 119 Å². The van der Waals surface area contributed by atoms with Crippen molar-refractivity contribution in [2.24, 2.45) is 0 Å². The number of aromatic nitrogens is 2. The van der Waals surface area contributed by atoms with Crippen molar-refractivity contribution in [3.05, 3.63) is 16.5 Å². The number of aryl methyl sites for hydroxylation is 2. The molecule has 1 aromatic rings. The van der Waals surface area contributed by atoms with E-state index < -0.39 is 0 Å². The van der Waals surface area contributed by atoms with E-state index in [2.05, 4.69) is 9.97 Å². The van der Waals surface area contributed by atoms with Crippen LogP contribution in [-0.4, -0.2) is 47.5 Å². The van der Waals surface area contributed by atoms with E-state index in [1.807, 2.05) is 27.7 Å². The molecule has 0 saturated carbocycles. The Bertz CT molecular complexity index is 460. The molecule has 0 aliphatic heterocycles. The molecule has 0 aliphatic rings. The second-order valence-corrected chi connectivity index (χ2v) is 4.79. The first-order valence-corrected chi connectivity index (χ1v) is 6.78. The van der Waals surface area contributed by atoms with Gasteiger partial charge in [-0.25, -0.2) is 9.97 Å². The quantitative estimate of drug-likeness (QED) is 0.830. The van der Waals surface area contributed by atoms with Gasteiger partial charge in [-0.05, 0) is 27.7 Å². The molecule has 0 fully saturated rings. The van der Waals surface area contributed by atoms with Crippen LogP contribution in [-0.2, 0) is 4.79 Å². The van der Waals surface area contributed by atoms with Gasteiger partial charge in [0.15, 0.2) is 11.0 Å². The summed E-state index contributed by atoms with van der Waals surface area (Å²) in [6.45, 7) is 9.32. The fourth-order valence-corrected chi connectivity index (χ4v) is 2.07. The number of anilines is 1.